The van der Waals surface area contributed by atoms with Crippen LogP contribution in [0.5, 0.6) is 0 Å². The van der Waals surface area contributed by atoms with Crippen LogP contribution >= 0.6 is 23.1 Å². The minimum atomic E-state index is -0.531. The van der Waals surface area contributed by atoms with Crippen molar-refractivity contribution in [1.82, 2.24) is 9.97 Å². The van der Waals surface area contributed by atoms with Gasteiger partial charge in [-0.15, -0.1) is 11.3 Å². The number of thioether (sulfide) groups is 1. The molecule has 2 heterocycles. The van der Waals surface area contributed by atoms with E-state index in [4.69, 9.17) is 0 Å². The number of aromatic amines is 1. The average molecular weight is 415 g/mol. The molecule has 28 heavy (non-hydrogen) atoms. The zero-order valence-electron chi connectivity index (χ0n) is 15.1. The molecule has 1 aliphatic carbocycles. The molecule has 1 aromatic carbocycles. The quantitative estimate of drug-likeness (QED) is 0.222. The van der Waals surface area contributed by atoms with Crippen molar-refractivity contribution in [2.45, 2.75) is 31.3 Å². The third kappa shape index (κ3) is 3.59. The van der Waals surface area contributed by atoms with E-state index in [1.807, 2.05) is 0 Å². The molecule has 9 heteroatoms. The number of nitro benzene ring substituents is 1. The lowest BCUT2D eigenvalue weighted by molar-refractivity contribution is -0.384. The van der Waals surface area contributed by atoms with E-state index in [0.717, 1.165) is 36.6 Å². The van der Waals surface area contributed by atoms with Crippen molar-refractivity contribution in [2.75, 3.05) is 5.75 Å². The summed E-state index contributed by atoms with van der Waals surface area (Å²) in [5.41, 5.74) is 1.10. The van der Waals surface area contributed by atoms with Gasteiger partial charge in [0.15, 0.2) is 10.9 Å². The van der Waals surface area contributed by atoms with Crippen molar-refractivity contribution in [3.63, 3.8) is 0 Å². The molecule has 144 valence electrons. The number of H-pyrrole nitrogens is 1. The lowest BCUT2D eigenvalue weighted by atomic mass is 9.89. The first-order chi connectivity index (χ1) is 13.4. The number of non-ortho nitro benzene ring substituents is 1. The van der Waals surface area contributed by atoms with Gasteiger partial charge in [-0.3, -0.25) is 19.7 Å². The van der Waals surface area contributed by atoms with Crippen LogP contribution in [0.15, 0.2) is 34.2 Å². The molecule has 0 bridgehead atoms. The number of fused-ring (bicyclic) bond motifs is 3. The van der Waals surface area contributed by atoms with Crippen LogP contribution in [-0.2, 0) is 12.8 Å². The van der Waals surface area contributed by atoms with Gasteiger partial charge in [0, 0.05) is 22.6 Å². The summed E-state index contributed by atoms with van der Waals surface area (Å²) in [6.07, 6.45) is 2.95. The summed E-state index contributed by atoms with van der Waals surface area (Å²) in [7, 11) is 0. The second-order valence-electron chi connectivity index (χ2n) is 6.92. The maximum absolute atomic E-state index is 12.6. The van der Waals surface area contributed by atoms with E-state index < -0.39 is 4.92 Å². The highest BCUT2D eigenvalue weighted by atomic mass is 32.2. The highest BCUT2D eigenvalue weighted by Gasteiger charge is 2.23. The predicted octanol–water partition coefficient (Wildman–Crippen LogP) is 3.99. The largest absolute Gasteiger partial charge is 0.301 e. The molecule has 0 aliphatic heterocycles. The fraction of sp³-hybridized carbons (Fsp3) is 0.316. The van der Waals surface area contributed by atoms with Crippen molar-refractivity contribution >= 4 is 44.8 Å². The van der Waals surface area contributed by atoms with Crippen LogP contribution in [0.2, 0.25) is 0 Å². The SMILES string of the molecule is C[C@H]1CCc2c(sc3nc(SCC(=O)c4cccc([N+](=O)[O-])c4)[nH]c(=O)c23)C1. The number of nitro groups is 1. The fourth-order valence-corrected chi connectivity index (χ4v) is 5.60. The Kier molecular flexibility index (Phi) is 5.03. The number of nitrogens with one attached hydrogen (secondary N) is 1. The summed E-state index contributed by atoms with van der Waals surface area (Å²) in [5.74, 6) is 0.398. The fourth-order valence-electron chi connectivity index (χ4n) is 3.41. The maximum atomic E-state index is 12.6. The number of rotatable bonds is 5. The smallest absolute Gasteiger partial charge is 0.270 e. The van der Waals surface area contributed by atoms with Gasteiger partial charge < -0.3 is 4.98 Å². The topological polar surface area (TPSA) is 106 Å². The molecule has 0 radical (unpaired) electrons. The molecule has 2 aromatic heterocycles. The van der Waals surface area contributed by atoms with Crippen molar-refractivity contribution in [3.8, 4) is 0 Å². The van der Waals surface area contributed by atoms with Crippen LogP contribution in [0.1, 0.15) is 34.1 Å². The van der Waals surface area contributed by atoms with Gasteiger partial charge in [-0.05, 0) is 30.7 Å². The van der Waals surface area contributed by atoms with E-state index >= 15 is 0 Å². The van der Waals surface area contributed by atoms with E-state index in [2.05, 4.69) is 16.9 Å². The van der Waals surface area contributed by atoms with E-state index in [1.54, 1.807) is 17.4 Å². The van der Waals surface area contributed by atoms with Crippen LogP contribution in [0, 0.1) is 16.0 Å². The lowest BCUT2D eigenvalue weighted by Gasteiger charge is -2.17. The molecule has 0 spiro atoms. The first-order valence-electron chi connectivity index (χ1n) is 8.87. The molecule has 0 saturated carbocycles. The number of hydrogen-bond donors (Lipinski definition) is 1. The van der Waals surface area contributed by atoms with Crippen LogP contribution in [0.4, 0.5) is 5.69 Å². The standard InChI is InChI=1S/C19H17N3O4S2/c1-10-5-6-13-15(7-10)28-18-16(13)17(24)20-19(21-18)27-9-14(23)11-3-2-4-12(8-11)22(25)26/h2-4,8,10H,5-7,9H2,1H3,(H,20,21,24)/t10-/m0/s1. The minimum Gasteiger partial charge on any atom is -0.301 e. The molecule has 1 N–H and O–H groups in total. The van der Waals surface area contributed by atoms with Gasteiger partial charge >= 0.3 is 0 Å². The third-order valence-corrected chi connectivity index (χ3v) is 6.88. The van der Waals surface area contributed by atoms with Gasteiger partial charge in [-0.2, -0.15) is 0 Å². The van der Waals surface area contributed by atoms with Gasteiger partial charge in [-0.25, -0.2) is 4.98 Å². The third-order valence-electron chi connectivity index (χ3n) is 4.86. The van der Waals surface area contributed by atoms with Crippen molar-refractivity contribution < 1.29 is 9.72 Å². The number of benzene rings is 1. The summed E-state index contributed by atoms with van der Waals surface area (Å²) in [6, 6.07) is 5.64. The molecule has 7 nitrogen and oxygen atoms in total. The van der Waals surface area contributed by atoms with E-state index in [-0.39, 0.29) is 28.3 Å². The van der Waals surface area contributed by atoms with Gasteiger partial charge in [0.2, 0.25) is 0 Å². The number of nitrogens with zero attached hydrogens (tertiary/aromatic N) is 2. The molecule has 0 saturated heterocycles. The molecular formula is C19H17N3O4S2. The minimum absolute atomic E-state index is 0.0394. The van der Waals surface area contributed by atoms with Gasteiger partial charge in [0.1, 0.15) is 4.83 Å². The Balaban J connectivity index is 1.55. The van der Waals surface area contributed by atoms with Gasteiger partial charge in [0.05, 0.1) is 16.1 Å². The Morgan fingerprint density at radius 3 is 3.07 bits per heavy atom. The maximum Gasteiger partial charge on any atom is 0.270 e. The molecule has 4 rings (SSSR count). The second-order valence-corrected chi connectivity index (χ2v) is 8.97. The van der Waals surface area contributed by atoms with Crippen molar-refractivity contribution in [2.24, 2.45) is 5.92 Å². The first-order valence-corrected chi connectivity index (χ1v) is 10.7. The Hall–Kier alpha value is -2.52. The van der Waals surface area contributed by atoms with Crippen LogP contribution in [-0.4, -0.2) is 26.4 Å². The number of carbonyl (C=O) groups excluding carboxylic acids is 1. The second kappa shape index (κ2) is 7.48. The van der Waals surface area contributed by atoms with Crippen molar-refractivity contribution in [1.29, 1.82) is 0 Å². The molecule has 1 aliphatic rings. The lowest BCUT2D eigenvalue weighted by Crippen LogP contribution is -2.14. The van der Waals surface area contributed by atoms with Crippen LogP contribution < -0.4 is 5.56 Å². The Morgan fingerprint density at radius 1 is 1.46 bits per heavy atom. The Bertz CT molecular complexity index is 1150. The number of ketones is 1. The number of Topliss-reactive ketones (excluding diaryl/α,β-unsaturated/α-hetero) is 1. The number of aromatic nitrogens is 2. The van der Waals surface area contributed by atoms with E-state index in [1.165, 1.54) is 23.1 Å². The molecule has 0 fully saturated rings. The molecular weight excluding hydrogens is 398 g/mol. The molecule has 3 aromatic rings. The number of hydrogen-bond acceptors (Lipinski definition) is 7. The Morgan fingerprint density at radius 2 is 2.29 bits per heavy atom. The van der Waals surface area contributed by atoms with Crippen LogP contribution in [0.3, 0.4) is 0 Å². The monoisotopic (exact) mass is 415 g/mol. The zero-order valence-corrected chi connectivity index (χ0v) is 16.7. The van der Waals surface area contributed by atoms with Crippen LogP contribution in [0.25, 0.3) is 10.2 Å². The average Bonchev–Trinajstić information content (AvgIpc) is 3.03. The number of thiophene rings is 1. The molecule has 1 atom stereocenters. The van der Waals surface area contributed by atoms with E-state index in [9.17, 15) is 19.7 Å². The summed E-state index contributed by atoms with van der Waals surface area (Å²) in [4.78, 5) is 44.6. The number of aryl methyl sites for hydroxylation is 1. The summed E-state index contributed by atoms with van der Waals surface area (Å²) in [5, 5.41) is 11.9. The zero-order chi connectivity index (χ0) is 19.8. The highest BCUT2D eigenvalue weighted by molar-refractivity contribution is 7.99. The Labute approximate surface area is 168 Å². The highest BCUT2D eigenvalue weighted by Crippen LogP contribution is 2.36. The molecule has 0 amide bonds. The number of carbonyl (C=O) groups is 1. The van der Waals surface area contributed by atoms with Gasteiger partial charge in [-0.1, -0.05) is 30.8 Å². The summed E-state index contributed by atoms with van der Waals surface area (Å²) in [6.45, 7) is 2.21. The van der Waals surface area contributed by atoms with Gasteiger partial charge in [0.25, 0.3) is 11.2 Å². The summed E-state index contributed by atoms with van der Waals surface area (Å²) < 4.78 is 0. The predicted molar refractivity (Wildman–Crippen MR) is 110 cm³/mol. The normalized spacial score (nSPS) is 16.1. The summed E-state index contributed by atoms with van der Waals surface area (Å²) >= 11 is 2.70. The first kappa shape index (κ1) is 18.8. The van der Waals surface area contributed by atoms with Crippen molar-refractivity contribution in [3.05, 3.63) is 60.7 Å². The molecule has 0 unspecified atom stereocenters. The van der Waals surface area contributed by atoms with E-state index in [0.29, 0.717) is 21.3 Å².